The van der Waals surface area contributed by atoms with Gasteiger partial charge in [0.2, 0.25) is 0 Å². The van der Waals surface area contributed by atoms with Crippen molar-refractivity contribution in [1.82, 2.24) is 15.1 Å². The van der Waals surface area contributed by atoms with Crippen LogP contribution in [0.5, 0.6) is 11.5 Å². The van der Waals surface area contributed by atoms with E-state index in [-0.39, 0.29) is 17.7 Å². The molecular weight excluding hydrogens is 466 g/mol. The molecule has 1 atom stereocenters. The fourth-order valence-electron chi connectivity index (χ4n) is 4.84. The lowest BCUT2D eigenvalue weighted by atomic mass is 9.94. The van der Waals surface area contributed by atoms with E-state index >= 15 is 0 Å². The number of amides is 1. The third kappa shape index (κ3) is 4.82. The number of hydrogen-bond acceptors (Lipinski definition) is 5. The summed E-state index contributed by atoms with van der Waals surface area (Å²) >= 11 is 0. The predicted molar refractivity (Wildman–Crippen MR) is 142 cm³/mol. The van der Waals surface area contributed by atoms with E-state index in [0.29, 0.717) is 43.1 Å². The Kier molecular flexibility index (Phi) is 6.97. The van der Waals surface area contributed by atoms with E-state index in [1.807, 2.05) is 79.4 Å². The molecule has 0 spiro atoms. The van der Waals surface area contributed by atoms with Crippen molar-refractivity contribution in [2.75, 3.05) is 20.3 Å². The second kappa shape index (κ2) is 10.5. The average Bonchev–Trinajstić information content (AvgIpc) is 3.45. The van der Waals surface area contributed by atoms with Crippen molar-refractivity contribution in [3.8, 4) is 22.8 Å². The first kappa shape index (κ1) is 24.6. The van der Waals surface area contributed by atoms with E-state index in [1.54, 1.807) is 13.2 Å². The number of aromatic amines is 1. The predicted octanol–water partition coefficient (Wildman–Crippen LogP) is 5.56. The molecule has 7 heteroatoms. The Labute approximate surface area is 216 Å². The average molecular weight is 498 g/mol. The molecule has 0 aliphatic carbocycles. The van der Waals surface area contributed by atoms with Crippen LogP contribution >= 0.6 is 0 Å². The van der Waals surface area contributed by atoms with Crippen molar-refractivity contribution in [2.45, 2.75) is 32.9 Å². The van der Waals surface area contributed by atoms with Gasteiger partial charge in [-0.25, -0.2) is 0 Å². The standard InChI is InChI=1S/C30H31N3O4/c1-19-16-24(25(34)17-20(19)2)27-26-28(32-31-27)30(35)33(14-7-15-36-3)29(26)22-10-12-23(13-11-22)37-18-21-8-5-4-6-9-21/h4-6,8-13,16-17,29,34H,7,14-15,18H2,1-3H3,(H,31,32)/t29-/m0/s1. The molecule has 0 bridgehead atoms. The summed E-state index contributed by atoms with van der Waals surface area (Å²) in [5.41, 5.74) is 6.52. The van der Waals surface area contributed by atoms with Crippen LogP contribution in [-0.4, -0.2) is 46.4 Å². The van der Waals surface area contributed by atoms with E-state index in [1.165, 1.54) is 0 Å². The van der Waals surface area contributed by atoms with Crippen LogP contribution in [0.4, 0.5) is 0 Å². The van der Waals surface area contributed by atoms with Crippen LogP contribution < -0.4 is 4.74 Å². The van der Waals surface area contributed by atoms with Crippen LogP contribution in [0.1, 0.15) is 50.8 Å². The molecule has 1 amide bonds. The molecule has 5 rings (SSSR count). The van der Waals surface area contributed by atoms with Crippen LogP contribution in [0.25, 0.3) is 11.3 Å². The van der Waals surface area contributed by atoms with E-state index in [0.717, 1.165) is 33.6 Å². The van der Waals surface area contributed by atoms with Crippen LogP contribution in [0.3, 0.4) is 0 Å². The van der Waals surface area contributed by atoms with Gasteiger partial charge in [-0.15, -0.1) is 0 Å². The Balaban J connectivity index is 1.50. The lowest BCUT2D eigenvalue weighted by molar-refractivity contribution is 0.0723. The summed E-state index contributed by atoms with van der Waals surface area (Å²) in [5.74, 6) is 0.788. The minimum atomic E-state index is -0.350. The maximum Gasteiger partial charge on any atom is 0.273 e. The highest BCUT2D eigenvalue weighted by molar-refractivity contribution is 6.00. The van der Waals surface area contributed by atoms with Crippen molar-refractivity contribution in [3.05, 3.63) is 100 Å². The first-order valence-electron chi connectivity index (χ1n) is 12.4. The summed E-state index contributed by atoms with van der Waals surface area (Å²) in [4.78, 5) is 15.3. The molecule has 37 heavy (non-hydrogen) atoms. The van der Waals surface area contributed by atoms with Crippen LogP contribution in [0.15, 0.2) is 66.7 Å². The fraction of sp³-hybridized carbons (Fsp3) is 0.267. The highest BCUT2D eigenvalue weighted by atomic mass is 16.5. The zero-order chi connectivity index (χ0) is 25.9. The number of aryl methyl sites for hydroxylation is 2. The number of H-pyrrole nitrogens is 1. The quantitative estimate of drug-likeness (QED) is 0.296. The Morgan fingerprint density at radius 2 is 1.76 bits per heavy atom. The van der Waals surface area contributed by atoms with Gasteiger partial charge in [0.15, 0.2) is 0 Å². The summed E-state index contributed by atoms with van der Waals surface area (Å²) in [6.07, 6.45) is 0.707. The molecule has 0 saturated heterocycles. The summed E-state index contributed by atoms with van der Waals surface area (Å²) in [7, 11) is 1.66. The minimum absolute atomic E-state index is 0.109. The zero-order valence-corrected chi connectivity index (χ0v) is 21.3. The molecule has 2 N–H and O–H groups in total. The monoisotopic (exact) mass is 497 g/mol. The molecule has 0 saturated carbocycles. The molecule has 7 nitrogen and oxygen atoms in total. The van der Waals surface area contributed by atoms with Gasteiger partial charge >= 0.3 is 0 Å². The SMILES string of the molecule is COCCCN1C(=O)c2[nH]nc(-c3cc(C)c(C)cc3O)c2[C@@H]1c1ccc(OCc2ccccc2)cc1. The number of nitrogens with zero attached hydrogens (tertiary/aromatic N) is 2. The molecule has 3 aromatic carbocycles. The van der Waals surface area contributed by atoms with Gasteiger partial charge in [0.1, 0.15) is 29.5 Å². The first-order valence-corrected chi connectivity index (χ1v) is 12.4. The number of carbonyl (C=O) groups is 1. The molecule has 1 aromatic heterocycles. The lowest BCUT2D eigenvalue weighted by Crippen LogP contribution is -2.31. The molecule has 0 unspecified atom stereocenters. The number of methoxy groups -OCH3 is 1. The van der Waals surface area contributed by atoms with E-state index in [2.05, 4.69) is 10.2 Å². The number of aromatic nitrogens is 2. The summed E-state index contributed by atoms with van der Waals surface area (Å²) in [6, 6.07) is 21.2. The van der Waals surface area contributed by atoms with Gasteiger partial charge < -0.3 is 19.5 Å². The zero-order valence-electron chi connectivity index (χ0n) is 21.3. The molecule has 190 valence electrons. The van der Waals surface area contributed by atoms with E-state index < -0.39 is 0 Å². The molecule has 4 aromatic rings. The Hall–Kier alpha value is -4.10. The molecule has 0 radical (unpaired) electrons. The number of aromatic hydroxyl groups is 1. The normalized spacial score (nSPS) is 14.7. The highest BCUT2D eigenvalue weighted by Gasteiger charge is 2.42. The number of ether oxygens (including phenoxy) is 2. The number of phenolic OH excluding ortho intramolecular Hbond substituents is 1. The minimum Gasteiger partial charge on any atom is -0.507 e. The topological polar surface area (TPSA) is 87.7 Å². The molecule has 2 heterocycles. The van der Waals surface area contributed by atoms with Crippen LogP contribution in [0.2, 0.25) is 0 Å². The molecule has 1 aliphatic heterocycles. The second-order valence-corrected chi connectivity index (χ2v) is 9.41. The number of rotatable bonds is 9. The van der Waals surface area contributed by atoms with Crippen molar-refractivity contribution in [3.63, 3.8) is 0 Å². The molecule has 1 aliphatic rings. The third-order valence-electron chi connectivity index (χ3n) is 6.92. The Bertz CT molecular complexity index is 1400. The smallest absolute Gasteiger partial charge is 0.273 e. The lowest BCUT2D eigenvalue weighted by Gasteiger charge is -2.26. The number of phenols is 1. The summed E-state index contributed by atoms with van der Waals surface area (Å²) in [5, 5.41) is 18.2. The molecular formula is C30H31N3O4. The van der Waals surface area contributed by atoms with Crippen LogP contribution in [-0.2, 0) is 11.3 Å². The Morgan fingerprint density at radius 3 is 2.49 bits per heavy atom. The first-order chi connectivity index (χ1) is 18.0. The largest absolute Gasteiger partial charge is 0.507 e. The number of hydrogen-bond donors (Lipinski definition) is 2. The van der Waals surface area contributed by atoms with Crippen molar-refractivity contribution in [2.24, 2.45) is 0 Å². The van der Waals surface area contributed by atoms with Crippen molar-refractivity contribution >= 4 is 5.91 Å². The third-order valence-corrected chi connectivity index (χ3v) is 6.92. The van der Waals surface area contributed by atoms with E-state index in [9.17, 15) is 9.90 Å². The van der Waals surface area contributed by atoms with Gasteiger partial charge in [-0.1, -0.05) is 42.5 Å². The Morgan fingerprint density at radius 1 is 1.03 bits per heavy atom. The van der Waals surface area contributed by atoms with Gasteiger partial charge in [-0.2, -0.15) is 5.10 Å². The highest BCUT2D eigenvalue weighted by Crippen LogP contribution is 2.45. The second-order valence-electron chi connectivity index (χ2n) is 9.41. The maximum atomic E-state index is 13.5. The van der Waals surface area contributed by atoms with E-state index in [4.69, 9.17) is 9.47 Å². The summed E-state index contributed by atoms with van der Waals surface area (Å²) < 4.78 is 11.2. The van der Waals surface area contributed by atoms with Gasteiger partial charge in [0.25, 0.3) is 5.91 Å². The number of nitrogens with one attached hydrogen (secondary N) is 1. The van der Waals surface area contributed by atoms with Crippen LogP contribution in [0, 0.1) is 13.8 Å². The number of fused-ring (bicyclic) bond motifs is 1. The number of benzene rings is 3. The summed E-state index contributed by atoms with van der Waals surface area (Å²) in [6.45, 7) is 5.52. The van der Waals surface area contributed by atoms with Gasteiger partial charge in [0.05, 0.1) is 6.04 Å². The van der Waals surface area contributed by atoms with Gasteiger partial charge in [-0.05, 0) is 66.8 Å². The molecule has 0 fully saturated rings. The van der Waals surface area contributed by atoms with Gasteiger partial charge in [0, 0.05) is 31.4 Å². The van der Waals surface area contributed by atoms with Gasteiger partial charge in [-0.3, -0.25) is 9.89 Å². The maximum absolute atomic E-state index is 13.5. The van der Waals surface area contributed by atoms with Crippen molar-refractivity contribution < 1.29 is 19.4 Å². The van der Waals surface area contributed by atoms with Crippen molar-refractivity contribution in [1.29, 1.82) is 0 Å². The fourth-order valence-corrected chi connectivity index (χ4v) is 4.84. The number of carbonyl (C=O) groups excluding carboxylic acids is 1.